The Balaban J connectivity index is 1.74. The van der Waals surface area contributed by atoms with E-state index in [0.717, 1.165) is 0 Å². The quantitative estimate of drug-likeness (QED) is 0.453. The molecule has 0 spiro atoms. The van der Waals surface area contributed by atoms with Crippen molar-refractivity contribution in [2.24, 2.45) is 5.41 Å². The lowest BCUT2D eigenvalue weighted by Crippen LogP contribution is -2.47. The third-order valence-corrected chi connectivity index (χ3v) is 6.82. The minimum Gasteiger partial charge on any atom is -0.396 e. The number of aromatic nitrogens is 1. The zero-order chi connectivity index (χ0) is 27.5. The highest BCUT2D eigenvalue weighted by Crippen LogP contribution is 2.51. The summed E-state index contributed by atoms with van der Waals surface area (Å²) in [5.41, 5.74) is -1.95. The smallest absolute Gasteiger partial charge is 0.257 e. The van der Waals surface area contributed by atoms with Gasteiger partial charge in [-0.3, -0.25) is 14.7 Å². The van der Waals surface area contributed by atoms with Crippen molar-refractivity contribution in [3.63, 3.8) is 0 Å². The number of aliphatic hydroxyl groups is 1. The van der Waals surface area contributed by atoms with Crippen molar-refractivity contribution < 1.29 is 20.1 Å². The highest BCUT2D eigenvalue weighted by Gasteiger charge is 2.54. The summed E-state index contributed by atoms with van der Waals surface area (Å²) in [7, 11) is 0. The van der Waals surface area contributed by atoms with E-state index in [1.54, 1.807) is 54.6 Å². The molecular weight excluding hydrogens is 518 g/mol. The molecule has 1 aromatic heterocycles. The summed E-state index contributed by atoms with van der Waals surface area (Å²) in [4.78, 5) is 19.6. The number of fused-ring (bicyclic) bond motifs is 1. The van der Waals surface area contributed by atoms with E-state index >= 15 is 0 Å². The summed E-state index contributed by atoms with van der Waals surface area (Å²) < 4.78 is 40.7. The van der Waals surface area contributed by atoms with Crippen LogP contribution in [0.4, 0.5) is 0 Å². The lowest BCUT2D eigenvalue weighted by Gasteiger charge is -2.40. The maximum absolute atomic E-state index is 14.0. The molecule has 5 rings (SSSR count). The Kier molecular flexibility index (Phi) is 4.80. The molecule has 2 aliphatic rings. The van der Waals surface area contributed by atoms with Crippen molar-refractivity contribution >= 4 is 33.4 Å². The molecule has 1 amide bonds. The van der Waals surface area contributed by atoms with Gasteiger partial charge >= 0.3 is 0 Å². The van der Waals surface area contributed by atoms with Gasteiger partial charge in [0, 0.05) is 37.8 Å². The van der Waals surface area contributed by atoms with Gasteiger partial charge < -0.3 is 9.84 Å². The summed E-state index contributed by atoms with van der Waals surface area (Å²) in [5, 5.41) is 19.9. The number of carbonyl (C=O) groups is 1. The molecule has 172 valence electrons. The van der Waals surface area contributed by atoms with Crippen LogP contribution in [0.3, 0.4) is 0 Å². The molecule has 3 aromatic rings. The van der Waals surface area contributed by atoms with Crippen molar-refractivity contribution in [2.75, 3.05) is 13.1 Å². The van der Waals surface area contributed by atoms with E-state index in [4.69, 9.17) is 27.1 Å². The molecule has 1 aliphatic heterocycles. The van der Waals surface area contributed by atoms with Crippen LogP contribution in [-0.4, -0.2) is 34.0 Å². The van der Waals surface area contributed by atoms with Gasteiger partial charge in [0.25, 0.3) is 5.91 Å². The largest absolute Gasteiger partial charge is 0.396 e. The first-order valence-corrected chi connectivity index (χ1v) is 11.7. The third-order valence-electron chi connectivity index (χ3n) is 6.07. The second-order valence-corrected chi connectivity index (χ2v) is 9.63. The molecule has 2 heterocycles. The average Bonchev–Trinajstić information content (AvgIpc) is 3.67. The van der Waals surface area contributed by atoms with Gasteiger partial charge in [-0.05, 0) is 49.2 Å². The fourth-order valence-electron chi connectivity index (χ4n) is 4.04. The van der Waals surface area contributed by atoms with Gasteiger partial charge in [0.15, 0.2) is 5.72 Å². The lowest BCUT2D eigenvalue weighted by molar-refractivity contribution is -0.129. The Bertz CT molecular complexity index is 1450. The molecule has 34 heavy (non-hydrogen) atoms. The van der Waals surface area contributed by atoms with Crippen LogP contribution >= 0.6 is 27.5 Å². The highest BCUT2D eigenvalue weighted by atomic mass is 79.9. The number of hydrogen-bond donors (Lipinski definition) is 1. The number of halogens is 2. The zero-order valence-corrected chi connectivity index (χ0v) is 20.1. The van der Waals surface area contributed by atoms with E-state index in [-0.39, 0.29) is 24.9 Å². The minimum atomic E-state index is -2.87. The normalized spacial score (nSPS) is 22.8. The van der Waals surface area contributed by atoms with Crippen molar-refractivity contribution in [1.82, 2.24) is 9.88 Å². The predicted octanol–water partition coefficient (Wildman–Crippen LogP) is 5.02. The Labute approximate surface area is 216 Å². The molecule has 8 heteroatoms. The predicted molar refractivity (Wildman–Crippen MR) is 130 cm³/mol. The van der Waals surface area contributed by atoms with Gasteiger partial charge in [0.05, 0.1) is 36.4 Å². The van der Waals surface area contributed by atoms with Gasteiger partial charge in [-0.1, -0.05) is 45.7 Å². The Morgan fingerprint density at radius 3 is 2.62 bits per heavy atom. The molecule has 1 fully saturated rings. The molecule has 1 saturated carbocycles. The second kappa shape index (κ2) is 8.79. The molecule has 0 bridgehead atoms. The van der Waals surface area contributed by atoms with Gasteiger partial charge in [0.1, 0.15) is 6.07 Å². The van der Waals surface area contributed by atoms with E-state index in [2.05, 4.69) is 20.9 Å². The molecule has 1 aliphatic carbocycles. The van der Waals surface area contributed by atoms with Crippen LogP contribution in [0.1, 0.15) is 51.1 Å². The van der Waals surface area contributed by atoms with Crippen LogP contribution < -0.4 is 0 Å². The van der Waals surface area contributed by atoms with E-state index < -0.39 is 30.2 Å². The first kappa shape index (κ1) is 18.6. The summed E-state index contributed by atoms with van der Waals surface area (Å²) in [6, 6.07) is 16.6. The fraction of sp³-hybridized carbons (Fsp3) is 0.269. The molecule has 1 atom stereocenters. The first-order valence-electron chi connectivity index (χ1n) is 12.5. The van der Waals surface area contributed by atoms with E-state index in [9.17, 15) is 9.90 Å². The maximum atomic E-state index is 14.0. The van der Waals surface area contributed by atoms with Crippen LogP contribution in [0.15, 0.2) is 65.3 Å². The Hall–Kier alpha value is -2.76. The minimum absolute atomic E-state index is 0.0541. The molecule has 0 unspecified atom stereocenters. The van der Waals surface area contributed by atoms with Crippen molar-refractivity contribution in [3.05, 3.63) is 98.2 Å². The highest BCUT2D eigenvalue weighted by molar-refractivity contribution is 9.10. The number of hydrogen-bond acceptors (Lipinski definition) is 5. The number of nitriles is 1. The molecular formula is C26H21BrClN3O3. The molecule has 0 saturated heterocycles. The van der Waals surface area contributed by atoms with Gasteiger partial charge in [-0.25, -0.2) is 0 Å². The summed E-state index contributed by atoms with van der Waals surface area (Å²) >= 11 is 9.56. The number of benzene rings is 2. The standard InChI is InChI=1S/C26H21BrClN3O3/c27-19-4-8-23-22(11-19)24(33)31(14-21-7-1-17(12-29)13-30-21)26(23,18-2-5-20(28)6-3-18)34-16-25(15-32)9-10-25/h1-8,11,13,32H,9-10,14-16H2/t26-/m1/s1/i15D2,16D2. The number of pyridine rings is 1. The lowest BCUT2D eigenvalue weighted by atomic mass is 9.93. The van der Waals surface area contributed by atoms with Crippen molar-refractivity contribution in [1.29, 1.82) is 5.26 Å². The Morgan fingerprint density at radius 1 is 1.24 bits per heavy atom. The summed E-state index contributed by atoms with van der Waals surface area (Å²) in [5.74, 6) is -0.463. The topological polar surface area (TPSA) is 86.5 Å². The SMILES string of the molecule is [2H]C([2H])(O)C1(C([2H])([2H])O[C@]2(c3ccc(Cl)cc3)c3ccc(Br)cc3C(=O)N2Cc2ccc(C#N)cn2)CC1. The molecule has 1 N–H and O–H groups in total. The van der Waals surface area contributed by atoms with Gasteiger partial charge in [0.2, 0.25) is 0 Å². The van der Waals surface area contributed by atoms with Gasteiger partial charge in [-0.15, -0.1) is 0 Å². The fourth-order valence-corrected chi connectivity index (χ4v) is 4.53. The van der Waals surface area contributed by atoms with E-state index in [1.807, 2.05) is 6.07 Å². The molecule has 6 nitrogen and oxygen atoms in total. The summed E-state index contributed by atoms with van der Waals surface area (Å²) in [6.45, 7) is -5.70. The van der Waals surface area contributed by atoms with Gasteiger partial charge in [-0.2, -0.15) is 5.26 Å². The van der Waals surface area contributed by atoms with Crippen LogP contribution in [-0.2, 0) is 17.0 Å². The number of nitrogens with zero attached hydrogens (tertiary/aromatic N) is 3. The second-order valence-electron chi connectivity index (χ2n) is 8.28. The summed E-state index contributed by atoms with van der Waals surface area (Å²) in [6.07, 6.45) is 1.49. The number of amides is 1. The zero-order valence-electron chi connectivity index (χ0n) is 21.8. The first-order chi connectivity index (χ1) is 17.8. The number of ether oxygens (including phenoxy) is 1. The third kappa shape index (κ3) is 3.91. The maximum Gasteiger partial charge on any atom is 0.257 e. The number of rotatable bonds is 7. The van der Waals surface area contributed by atoms with Crippen LogP contribution in [0.5, 0.6) is 0 Å². The van der Waals surface area contributed by atoms with Crippen LogP contribution in [0.25, 0.3) is 0 Å². The monoisotopic (exact) mass is 541 g/mol. The van der Waals surface area contributed by atoms with Crippen LogP contribution in [0, 0.1) is 16.7 Å². The number of carbonyl (C=O) groups excluding carboxylic acids is 1. The Morgan fingerprint density at radius 2 is 2.00 bits per heavy atom. The molecule has 2 aromatic carbocycles. The molecule has 0 radical (unpaired) electrons. The van der Waals surface area contributed by atoms with E-state index in [1.165, 1.54) is 11.1 Å². The average molecular weight is 543 g/mol. The van der Waals surface area contributed by atoms with Crippen LogP contribution in [0.2, 0.25) is 5.02 Å². The van der Waals surface area contributed by atoms with Crippen molar-refractivity contribution in [3.8, 4) is 6.07 Å². The van der Waals surface area contributed by atoms with Crippen molar-refractivity contribution in [2.45, 2.75) is 25.1 Å². The van der Waals surface area contributed by atoms with E-state index in [0.29, 0.717) is 31.9 Å².